The molecule has 3 N–H and O–H groups in total. The first-order valence-electron chi connectivity index (χ1n) is 10.3. The summed E-state index contributed by atoms with van der Waals surface area (Å²) in [6, 6.07) is 18.4. The van der Waals surface area contributed by atoms with Gasteiger partial charge < -0.3 is 15.0 Å². The monoisotopic (exact) mass is 417 g/mol. The maximum absolute atomic E-state index is 11.4. The van der Waals surface area contributed by atoms with Crippen LogP contribution in [0, 0.1) is 11.8 Å². The van der Waals surface area contributed by atoms with Gasteiger partial charge in [-0.15, -0.1) is 0 Å². The van der Waals surface area contributed by atoms with Crippen LogP contribution in [0.3, 0.4) is 0 Å². The van der Waals surface area contributed by atoms with E-state index in [9.17, 15) is 4.79 Å². The SMILES string of the molecule is O=C(NO)c1cnc(N2CC3C(C2)C3NCc2ccc(Oc3ccccc3)cc2)nc1. The first kappa shape index (κ1) is 19.5. The van der Waals surface area contributed by atoms with Crippen LogP contribution in [0.5, 0.6) is 11.5 Å². The molecule has 0 radical (unpaired) electrons. The Morgan fingerprint density at radius 1 is 1.00 bits per heavy atom. The zero-order chi connectivity index (χ0) is 21.2. The Balaban J connectivity index is 1.09. The average Bonchev–Trinajstić information content (AvgIpc) is 3.27. The highest BCUT2D eigenvalue weighted by Gasteiger charge is 2.55. The van der Waals surface area contributed by atoms with Gasteiger partial charge in [0, 0.05) is 38.1 Å². The molecule has 1 saturated heterocycles. The van der Waals surface area contributed by atoms with Crippen LogP contribution in [-0.2, 0) is 6.54 Å². The van der Waals surface area contributed by atoms with Crippen LogP contribution >= 0.6 is 0 Å². The summed E-state index contributed by atoms with van der Waals surface area (Å²) in [6.45, 7) is 2.63. The second-order valence-corrected chi connectivity index (χ2v) is 7.91. The smallest absolute Gasteiger partial charge is 0.277 e. The number of para-hydroxylation sites is 1. The van der Waals surface area contributed by atoms with Crippen LogP contribution in [0.2, 0.25) is 0 Å². The predicted molar refractivity (Wildman–Crippen MR) is 114 cm³/mol. The molecule has 1 saturated carbocycles. The molecule has 5 rings (SSSR count). The summed E-state index contributed by atoms with van der Waals surface area (Å²) in [6.07, 6.45) is 2.86. The summed E-state index contributed by atoms with van der Waals surface area (Å²) in [7, 11) is 0. The molecule has 8 nitrogen and oxygen atoms in total. The molecule has 0 spiro atoms. The molecule has 2 heterocycles. The molecule has 2 aliphatic rings. The standard InChI is InChI=1S/C23H23N5O3/c29-22(27-30)16-11-25-23(26-12-16)28-13-19-20(14-28)21(19)24-10-15-6-8-18(9-7-15)31-17-4-2-1-3-5-17/h1-9,11-12,19-21,24,30H,10,13-14H2,(H,27,29). The highest BCUT2D eigenvalue weighted by atomic mass is 16.5. The fourth-order valence-electron chi connectivity index (χ4n) is 4.19. The van der Waals surface area contributed by atoms with Crippen LogP contribution in [-0.4, -0.2) is 40.2 Å². The van der Waals surface area contributed by atoms with Crippen LogP contribution in [0.4, 0.5) is 5.95 Å². The number of carbonyl (C=O) groups excluding carboxylic acids is 1. The van der Waals surface area contributed by atoms with E-state index >= 15 is 0 Å². The summed E-state index contributed by atoms with van der Waals surface area (Å²) in [5, 5.41) is 12.3. The minimum Gasteiger partial charge on any atom is -0.457 e. The van der Waals surface area contributed by atoms with Crippen molar-refractivity contribution in [1.29, 1.82) is 0 Å². The first-order chi connectivity index (χ1) is 15.2. The van der Waals surface area contributed by atoms with Gasteiger partial charge in [0.2, 0.25) is 5.95 Å². The van der Waals surface area contributed by atoms with Gasteiger partial charge in [0.15, 0.2) is 0 Å². The number of hydrogen-bond acceptors (Lipinski definition) is 7. The maximum atomic E-state index is 11.4. The lowest BCUT2D eigenvalue weighted by Gasteiger charge is -2.20. The summed E-state index contributed by atoms with van der Waals surface area (Å²) >= 11 is 0. The lowest BCUT2D eigenvalue weighted by atomic mass is 10.2. The van der Waals surface area contributed by atoms with E-state index in [2.05, 4.69) is 32.3 Å². The molecule has 3 aromatic rings. The number of rotatable bonds is 7. The number of aromatic nitrogens is 2. The Bertz CT molecular complexity index is 1030. The maximum Gasteiger partial charge on any atom is 0.277 e. The number of amides is 1. The molecule has 2 aromatic carbocycles. The van der Waals surface area contributed by atoms with Gasteiger partial charge in [-0.2, -0.15) is 0 Å². The number of ether oxygens (including phenoxy) is 1. The molecule has 31 heavy (non-hydrogen) atoms. The molecule has 2 unspecified atom stereocenters. The Kier molecular flexibility index (Phi) is 5.23. The molecule has 1 aliphatic heterocycles. The van der Waals surface area contributed by atoms with Crippen molar-refractivity contribution in [2.45, 2.75) is 12.6 Å². The van der Waals surface area contributed by atoms with Gasteiger partial charge in [-0.05, 0) is 41.7 Å². The van der Waals surface area contributed by atoms with Gasteiger partial charge >= 0.3 is 0 Å². The Labute approximate surface area is 179 Å². The highest BCUT2D eigenvalue weighted by Crippen LogP contribution is 2.46. The van der Waals surface area contributed by atoms with Crippen molar-refractivity contribution in [3.05, 3.63) is 78.1 Å². The van der Waals surface area contributed by atoms with Gasteiger partial charge in [0.25, 0.3) is 5.91 Å². The van der Waals surface area contributed by atoms with E-state index in [0.717, 1.165) is 31.1 Å². The second kappa shape index (κ2) is 8.33. The topological polar surface area (TPSA) is 99.6 Å². The number of nitrogens with one attached hydrogen (secondary N) is 2. The van der Waals surface area contributed by atoms with Crippen molar-refractivity contribution < 1.29 is 14.7 Å². The Morgan fingerprint density at radius 2 is 1.65 bits per heavy atom. The number of hydrogen-bond donors (Lipinski definition) is 3. The van der Waals surface area contributed by atoms with Crippen LogP contribution in [0.1, 0.15) is 15.9 Å². The summed E-state index contributed by atoms with van der Waals surface area (Å²) in [5.74, 6) is 2.85. The van der Waals surface area contributed by atoms with E-state index in [1.807, 2.05) is 42.5 Å². The lowest BCUT2D eigenvalue weighted by Crippen LogP contribution is -2.32. The molecular formula is C23H23N5O3. The van der Waals surface area contributed by atoms with Crippen molar-refractivity contribution in [1.82, 2.24) is 20.8 Å². The summed E-state index contributed by atoms with van der Waals surface area (Å²) in [5.41, 5.74) is 3.04. The quantitative estimate of drug-likeness (QED) is 0.401. The number of fused-ring (bicyclic) bond motifs is 1. The van der Waals surface area contributed by atoms with E-state index in [1.165, 1.54) is 18.0 Å². The summed E-state index contributed by atoms with van der Waals surface area (Å²) in [4.78, 5) is 22.0. The fraction of sp³-hybridized carbons (Fsp3) is 0.261. The minimum atomic E-state index is -0.611. The number of piperidine rings is 1. The number of nitrogens with zero attached hydrogens (tertiary/aromatic N) is 3. The zero-order valence-corrected chi connectivity index (χ0v) is 16.8. The summed E-state index contributed by atoms with van der Waals surface area (Å²) < 4.78 is 5.84. The third-order valence-electron chi connectivity index (χ3n) is 5.92. The highest BCUT2D eigenvalue weighted by molar-refractivity contribution is 5.92. The van der Waals surface area contributed by atoms with Crippen molar-refractivity contribution in [2.75, 3.05) is 18.0 Å². The molecule has 2 atom stereocenters. The fourth-order valence-corrected chi connectivity index (χ4v) is 4.19. The van der Waals surface area contributed by atoms with Gasteiger partial charge in [-0.3, -0.25) is 10.0 Å². The second-order valence-electron chi connectivity index (χ2n) is 7.91. The third kappa shape index (κ3) is 4.21. The molecule has 8 heteroatoms. The number of carbonyl (C=O) groups is 1. The zero-order valence-electron chi connectivity index (χ0n) is 16.8. The minimum absolute atomic E-state index is 0.232. The van der Waals surface area contributed by atoms with Crippen molar-refractivity contribution >= 4 is 11.9 Å². The van der Waals surface area contributed by atoms with Gasteiger partial charge in [0.05, 0.1) is 5.56 Å². The van der Waals surface area contributed by atoms with E-state index in [1.54, 1.807) is 5.48 Å². The Morgan fingerprint density at radius 3 is 2.29 bits per heavy atom. The normalized spacial score (nSPS) is 21.5. The molecule has 0 bridgehead atoms. The van der Waals surface area contributed by atoms with Gasteiger partial charge in [-0.25, -0.2) is 15.4 Å². The average molecular weight is 417 g/mol. The van der Waals surface area contributed by atoms with E-state index in [-0.39, 0.29) is 5.56 Å². The molecule has 158 valence electrons. The van der Waals surface area contributed by atoms with Crippen LogP contribution in [0.15, 0.2) is 67.0 Å². The predicted octanol–water partition coefficient (Wildman–Crippen LogP) is 2.61. The number of hydroxylamine groups is 1. The van der Waals surface area contributed by atoms with E-state index in [4.69, 9.17) is 9.94 Å². The number of anilines is 1. The third-order valence-corrected chi connectivity index (χ3v) is 5.92. The molecule has 1 aliphatic carbocycles. The van der Waals surface area contributed by atoms with Crippen molar-refractivity contribution in [3.8, 4) is 11.5 Å². The molecule has 1 amide bonds. The largest absolute Gasteiger partial charge is 0.457 e. The lowest BCUT2D eigenvalue weighted by molar-refractivity contribution is 0.0705. The first-order valence-corrected chi connectivity index (χ1v) is 10.3. The van der Waals surface area contributed by atoms with E-state index < -0.39 is 5.91 Å². The van der Waals surface area contributed by atoms with Crippen molar-refractivity contribution in [3.63, 3.8) is 0 Å². The van der Waals surface area contributed by atoms with Crippen LogP contribution in [0.25, 0.3) is 0 Å². The molecule has 1 aromatic heterocycles. The van der Waals surface area contributed by atoms with E-state index in [0.29, 0.717) is 23.8 Å². The van der Waals surface area contributed by atoms with Gasteiger partial charge in [-0.1, -0.05) is 30.3 Å². The molecular weight excluding hydrogens is 394 g/mol. The molecule has 2 fully saturated rings. The number of benzene rings is 2. The van der Waals surface area contributed by atoms with Gasteiger partial charge in [0.1, 0.15) is 11.5 Å². The van der Waals surface area contributed by atoms with Crippen LogP contribution < -0.4 is 20.4 Å². The van der Waals surface area contributed by atoms with Crippen molar-refractivity contribution in [2.24, 2.45) is 11.8 Å². The Hall–Kier alpha value is -3.49.